The fourth-order valence-corrected chi connectivity index (χ4v) is 12.2. The van der Waals surface area contributed by atoms with Crippen molar-refractivity contribution in [2.75, 3.05) is 11.5 Å². The molecule has 0 aromatic rings. The molecule has 0 saturated carbocycles. The summed E-state index contributed by atoms with van der Waals surface area (Å²) in [6.07, 6.45) is 0. The lowest BCUT2D eigenvalue weighted by Crippen LogP contribution is -2.51. The Kier molecular flexibility index (Phi) is 6.16. The van der Waals surface area contributed by atoms with Gasteiger partial charge < -0.3 is 0 Å². The number of allylic oxidation sites excluding steroid dienone is 2. The summed E-state index contributed by atoms with van der Waals surface area (Å²) in [4.78, 5) is 12.0. The molecule has 0 radical (unpaired) electrons. The maximum Gasteiger partial charge on any atom is 0.237 e. The monoisotopic (exact) mass is 590 g/mol. The number of hydrogen-bond donors (Lipinski definition) is 0. The van der Waals surface area contributed by atoms with Crippen LogP contribution >= 0.6 is 63.7 Å². The minimum Gasteiger partial charge on any atom is -0.287 e. The number of carbonyl (C=O) groups excluding carboxylic acids is 1. The SMILES string of the molecule is CCS(=O)(=O)C1(S(=O)(=O)CC)C(Br)=C(Br)C(=O)C(Br)=C1Br. The van der Waals surface area contributed by atoms with Gasteiger partial charge in [0.05, 0.1) is 17.9 Å². The van der Waals surface area contributed by atoms with Gasteiger partial charge in [0.15, 0.2) is 19.7 Å². The quantitative estimate of drug-likeness (QED) is 0.500. The topological polar surface area (TPSA) is 85.3 Å². The fraction of sp³-hybridized carbons (Fsp3) is 0.500. The first-order chi connectivity index (χ1) is 9.42. The second kappa shape index (κ2) is 6.46. The Morgan fingerprint density at radius 2 is 1.10 bits per heavy atom. The molecule has 0 amide bonds. The van der Waals surface area contributed by atoms with Crippen LogP contribution in [0.4, 0.5) is 0 Å². The minimum absolute atomic E-state index is 0.147. The second-order valence-electron chi connectivity index (χ2n) is 4.01. The van der Waals surface area contributed by atoms with Crippen molar-refractivity contribution in [2.24, 2.45) is 0 Å². The van der Waals surface area contributed by atoms with E-state index in [-0.39, 0.29) is 17.9 Å². The third kappa shape index (κ3) is 2.69. The van der Waals surface area contributed by atoms with Gasteiger partial charge >= 0.3 is 0 Å². The van der Waals surface area contributed by atoms with Gasteiger partial charge in [0.25, 0.3) is 0 Å². The van der Waals surface area contributed by atoms with E-state index in [1.54, 1.807) is 0 Å². The molecule has 120 valence electrons. The van der Waals surface area contributed by atoms with E-state index < -0.39 is 41.0 Å². The minimum atomic E-state index is -4.15. The molecular weight excluding hydrogens is 584 g/mol. The highest BCUT2D eigenvalue weighted by molar-refractivity contribution is 9.15. The lowest BCUT2D eigenvalue weighted by molar-refractivity contribution is -0.111. The van der Waals surface area contributed by atoms with Crippen LogP contribution in [0.5, 0.6) is 0 Å². The largest absolute Gasteiger partial charge is 0.287 e. The number of sulfone groups is 2. The molecule has 0 spiro atoms. The average Bonchev–Trinajstić information content (AvgIpc) is 2.43. The predicted molar refractivity (Wildman–Crippen MR) is 96.4 cm³/mol. The van der Waals surface area contributed by atoms with Gasteiger partial charge in [-0.3, -0.25) is 4.79 Å². The number of rotatable bonds is 4. The molecule has 0 aliphatic heterocycles. The van der Waals surface area contributed by atoms with Gasteiger partial charge in [-0.15, -0.1) is 0 Å². The zero-order valence-electron chi connectivity index (χ0n) is 10.8. The highest BCUT2D eigenvalue weighted by Crippen LogP contribution is 2.53. The van der Waals surface area contributed by atoms with Gasteiger partial charge in [0.1, 0.15) is 0 Å². The van der Waals surface area contributed by atoms with E-state index in [0.29, 0.717) is 0 Å². The maximum atomic E-state index is 12.6. The Labute approximate surface area is 157 Å². The molecule has 0 unspecified atom stereocenters. The molecule has 1 aliphatic rings. The van der Waals surface area contributed by atoms with E-state index >= 15 is 0 Å². The van der Waals surface area contributed by atoms with Crippen LogP contribution < -0.4 is 0 Å². The van der Waals surface area contributed by atoms with E-state index in [0.717, 1.165) is 0 Å². The first kappa shape index (κ1) is 20.0. The number of Topliss-reactive ketones (excluding diaryl/α,β-unsaturated/α-hetero) is 1. The van der Waals surface area contributed by atoms with Crippen molar-refractivity contribution in [3.8, 4) is 0 Å². The van der Waals surface area contributed by atoms with Crippen molar-refractivity contribution in [3.63, 3.8) is 0 Å². The Bertz CT molecular complexity index is 697. The summed E-state index contributed by atoms with van der Waals surface area (Å²) in [6, 6.07) is 0. The highest BCUT2D eigenvalue weighted by atomic mass is 79.9. The first-order valence-electron chi connectivity index (χ1n) is 5.53. The van der Waals surface area contributed by atoms with Crippen LogP contribution in [0.15, 0.2) is 17.9 Å². The number of hydrogen-bond acceptors (Lipinski definition) is 5. The molecule has 11 heteroatoms. The lowest BCUT2D eigenvalue weighted by atomic mass is 10.2. The van der Waals surface area contributed by atoms with Crippen molar-refractivity contribution < 1.29 is 21.6 Å². The molecule has 0 aromatic heterocycles. The van der Waals surface area contributed by atoms with E-state index in [1.807, 2.05) is 0 Å². The van der Waals surface area contributed by atoms with Crippen LogP contribution in [0.3, 0.4) is 0 Å². The summed E-state index contributed by atoms with van der Waals surface area (Å²) in [5.41, 5.74) is 0. The number of carbonyl (C=O) groups is 1. The van der Waals surface area contributed by atoms with Crippen LogP contribution in [0, 0.1) is 0 Å². The number of ketones is 1. The van der Waals surface area contributed by atoms with E-state index in [2.05, 4.69) is 63.7 Å². The molecule has 1 rings (SSSR count). The summed E-state index contributed by atoms with van der Waals surface area (Å²) in [7, 11) is -8.30. The molecule has 0 saturated heterocycles. The molecule has 0 heterocycles. The van der Waals surface area contributed by atoms with E-state index in [1.165, 1.54) is 13.8 Å². The van der Waals surface area contributed by atoms with Gasteiger partial charge in [-0.05, 0) is 31.9 Å². The number of halogens is 4. The third-order valence-electron chi connectivity index (χ3n) is 3.00. The zero-order valence-corrected chi connectivity index (χ0v) is 18.8. The van der Waals surface area contributed by atoms with Gasteiger partial charge in [-0.1, -0.05) is 45.7 Å². The first-order valence-corrected chi connectivity index (χ1v) is 12.0. The molecule has 0 bridgehead atoms. The Balaban J connectivity index is 4.15. The van der Waals surface area contributed by atoms with Gasteiger partial charge in [-0.25, -0.2) is 16.8 Å². The van der Waals surface area contributed by atoms with Crippen LogP contribution in [-0.2, 0) is 24.5 Å². The van der Waals surface area contributed by atoms with Gasteiger partial charge in [0, 0.05) is 11.5 Å². The molecule has 0 N–H and O–H groups in total. The third-order valence-corrected chi connectivity index (χ3v) is 14.2. The molecular formula is C10H10Br4O5S2. The van der Waals surface area contributed by atoms with Crippen molar-refractivity contribution in [3.05, 3.63) is 17.9 Å². The molecule has 21 heavy (non-hydrogen) atoms. The van der Waals surface area contributed by atoms with Crippen LogP contribution in [0.25, 0.3) is 0 Å². The lowest BCUT2D eigenvalue weighted by Gasteiger charge is -2.35. The van der Waals surface area contributed by atoms with Gasteiger partial charge in [-0.2, -0.15) is 0 Å². The van der Waals surface area contributed by atoms with Crippen molar-refractivity contribution >= 4 is 89.2 Å². The van der Waals surface area contributed by atoms with Crippen LogP contribution in [0.2, 0.25) is 0 Å². The second-order valence-corrected chi connectivity index (χ2v) is 12.3. The normalized spacial score (nSPS) is 20.2. The molecule has 0 aromatic carbocycles. The maximum absolute atomic E-state index is 12.6. The van der Waals surface area contributed by atoms with Crippen molar-refractivity contribution in [1.82, 2.24) is 0 Å². The highest BCUT2D eigenvalue weighted by Gasteiger charge is 2.61. The summed E-state index contributed by atoms with van der Waals surface area (Å²) in [6.45, 7) is 2.70. The summed E-state index contributed by atoms with van der Waals surface area (Å²) in [5.74, 6) is -1.38. The van der Waals surface area contributed by atoms with Crippen molar-refractivity contribution in [2.45, 2.75) is 17.9 Å². The summed E-state index contributed by atoms with van der Waals surface area (Å²) in [5, 5.41) is 0. The smallest absolute Gasteiger partial charge is 0.237 e. The van der Waals surface area contributed by atoms with Crippen molar-refractivity contribution in [1.29, 1.82) is 0 Å². The Hall–Kier alpha value is 0.970. The zero-order chi connectivity index (χ0) is 16.8. The fourth-order valence-electron chi connectivity index (χ4n) is 1.83. The molecule has 1 aliphatic carbocycles. The standard InChI is InChI=1S/C10H10Br4O5S2/c1-3-20(16,17)10(21(18,19)4-2)8(13)5(11)7(15)6(12)9(10)14/h3-4H2,1-2H3. The Morgan fingerprint density at radius 1 is 0.810 bits per heavy atom. The molecule has 5 nitrogen and oxygen atoms in total. The Morgan fingerprint density at radius 3 is 1.33 bits per heavy atom. The van der Waals surface area contributed by atoms with Crippen LogP contribution in [0.1, 0.15) is 13.8 Å². The van der Waals surface area contributed by atoms with Gasteiger partial charge in [0.2, 0.25) is 9.86 Å². The molecule has 0 atom stereocenters. The van der Waals surface area contributed by atoms with E-state index in [9.17, 15) is 21.6 Å². The average molecular weight is 594 g/mol. The van der Waals surface area contributed by atoms with E-state index in [4.69, 9.17) is 0 Å². The van der Waals surface area contributed by atoms with Crippen LogP contribution in [-0.4, -0.2) is 38.2 Å². The predicted octanol–water partition coefficient (Wildman–Crippen LogP) is 3.14. The summed E-state index contributed by atoms with van der Waals surface area (Å²) >= 11 is 12.0. The molecule has 0 fully saturated rings. The summed E-state index contributed by atoms with van der Waals surface area (Å²) < 4.78 is 47.4.